The Labute approximate surface area is 104 Å². The molecule has 16 heavy (non-hydrogen) atoms. The molecule has 0 radical (unpaired) electrons. The van der Waals surface area contributed by atoms with E-state index in [2.05, 4.69) is 0 Å². The molecule has 0 bridgehead atoms. The zero-order chi connectivity index (χ0) is 12.4. The molecule has 0 unspecified atom stereocenters. The number of sulfonamides is 1. The standard InChI is InChI=1S/C8H7F3INO2S/c9-8(10,11)5-13-16(14,15)7-3-1-6(12)2-4-7/h1-4,13H,5H2. The maximum atomic E-state index is 11.8. The summed E-state index contributed by atoms with van der Waals surface area (Å²) in [4.78, 5) is -0.183. The van der Waals surface area contributed by atoms with Crippen molar-refractivity contribution in [2.24, 2.45) is 0 Å². The Hall–Kier alpha value is -0.350. The van der Waals surface area contributed by atoms with E-state index in [0.29, 0.717) is 0 Å². The van der Waals surface area contributed by atoms with Crippen LogP contribution in [0.25, 0.3) is 0 Å². The second-order valence-electron chi connectivity index (χ2n) is 2.89. The maximum Gasteiger partial charge on any atom is 0.402 e. The van der Waals surface area contributed by atoms with Crippen LogP contribution in [0.15, 0.2) is 29.2 Å². The summed E-state index contributed by atoms with van der Waals surface area (Å²) in [7, 11) is -4.08. The van der Waals surface area contributed by atoms with Gasteiger partial charge in [0.1, 0.15) is 6.54 Å². The lowest BCUT2D eigenvalue weighted by molar-refractivity contribution is -0.121. The van der Waals surface area contributed by atoms with E-state index in [0.717, 1.165) is 3.57 Å². The molecule has 1 N–H and O–H groups in total. The second kappa shape index (κ2) is 4.88. The fraction of sp³-hybridized carbons (Fsp3) is 0.250. The minimum Gasteiger partial charge on any atom is -0.207 e. The predicted octanol–water partition coefficient (Wildman–Crippen LogP) is 2.13. The third-order valence-corrected chi connectivity index (χ3v) is 3.72. The molecule has 1 aromatic carbocycles. The average Bonchev–Trinajstić information content (AvgIpc) is 2.15. The van der Waals surface area contributed by atoms with E-state index in [1.165, 1.54) is 29.0 Å². The lowest BCUT2D eigenvalue weighted by Crippen LogP contribution is -2.33. The van der Waals surface area contributed by atoms with E-state index < -0.39 is 22.7 Å². The summed E-state index contributed by atoms with van der Waals surface area (Å²) in [5.74, 6) is 0. The smallest absolute Gasteiger partial charge is 0.207 e. The van der Waals surface area contributed by atoms with Crippen LogP contribution in [0.3, 0.4) is 0 Å². The third-order valence-electron chi connectivity index (χ3n) is 1.59. The summed E-state index contributed by atoms with van der Waals surface area (Å²) in [6.45, 7) is -1.57. The lowest BCUT2D eigenvalue weighted by Gasteiger charge is -2.09. The Bertz CT molecular complexity index is 455. The topological polar surface area (TPSA) is 46.2 Å². The maximum absolute atomic E-state index is 11.8. The lowest BCUT2D eigenvalue weighted by atomic mass is 10.4. The Balaban J connectivity index is 2.83. The van der Waals surface area contributed by atoms with Crippen LogP contribution in [0, 0.1) is 3.57 Å². The van der Waals surface area contributed by atoms with Gasteiger partial charge in [-0.05, 0) is 46.9 Å². The number of rotatable bonds is 3. The zero-order valence-electron chi connectivity index (χ0n) is 7.75. The fourth-order valence-electron chi connectivity index (χ4n) is 0.874. The van der Waals surface area contributed by atoms with Crippen LogP contribution >= 0.6 is 22.6 Å². The van der Waals surface area contributed by atoms with Gasteiger partial charge < -0.3 is 0 Å². The number of alkyl halides is 3. The van der Waals surface area contributed by atoms with E-state index in [1.807, 2.05) is 22.6 Å². The van der Waals surface area contributed by atoms with Crippen molar-refractivity contribution >= 4 is 32.6 Å². The third kappa shape index (κ3) is 4.26. The number of halogens is 4. The first-order valence-corrected chi connectivity index (χ1v) is 6.59. The predicted molar refractivity (Wildman–Crippen MR) is 60.4 cm³/mol. The van der Waals surface area contributed by atoms with Crippen molar-refractivity contribution < 1.29 is 21.6 Å². The molecular formula is C8H7F3INO2S. The van der Waals surface area contributed by atoms with Gasteiger partial charge in [-0.25, -0.2) is 13.1 Å². The molecule has 0 spiro atoms. The highest BCUT2D eigenvalue weighted by Crippen LogP contribution is 2.16. The quantitative estimate of drug-likeness (QED) is 0.835. The van der Waals surface area contributed by atoms with Crippen LogP contribution in [0.1, 0.15) is 0 Å². The Morgan fingerprint density at radius 1 is 1.19 bits per heavy atom. The summed E-state index contributed by atoms with van der Waals surface area (Å²) in [6, 6.07) is 5.51. The molecule has 0 aliphatic rings. The van der Waals surface area contributed by atoms with Crippen LogP contribution in [0.5, 0.6) is 0 Å². The number of hydrogen-bond acceptors (Lipinski definition) is 2. The summed E-state index contributed by atoms with van der Waals surface area (Å²) in [5.41, 5.74) is 0. The first-order valence-electron chi connectivity index (χ1n) is 4.03. The molecule has 3 nitrogen and oxygen atoms in total. The van der Waals surface area contributed by atoms with Crippen molar-refractivity contribution in [2.45, 2.75) is 11.1 Å². The molecule has 1 rings (SSSR count). The van der Waals surface area contributed by atoms with Gasteiger partial charge in [0.2, 0.25) is 10.0 Å². The molecule has 90 valence electrons. The number of hydrogen-bond donors (Lipinski definition) is 1. The second-order valence-corrected chi connectivity index (χ2v) is 5.91. The van der Waals surface area contributed by atoms with Gasteiger partial charge in [0, 0.05) is 3.57 Å². The highest BCUT2D eigenvalue weighted by atomic mass is 127. The van der Waals surface area contributed by atoms with Gasteiger partial charge in [-0.1, -0.05) is 0 Å². The Morgan fingerprint density at radius 3 is 2.12 bits per heavy atom. The normalized spacial score (nSPS) is 12.8. The van der Waals surface area contributed by atoms with Gasteiger partial charge in [0.15, 0.2) is 0 Å². The van der Waals surface area contributed by atoms with Gasteiger partial charge in [0.25, 0.3) is 0 Å². The van der Waals surface area contributed by atoms with Crippen molar-refractivity contribution in [3.8, 4) is 0 Å². The molecule has 0 atom stereocenters. The van der Waals surface area contributed by atoms with Gasteiger partial charge in [-0.15, -0.1) is 0 Å². The Morgan fingerprint density at radius 2 is 1.69 bits per heavy atom. The molecule has 1 aromatic rings. The van der Waals surface area contributed by atoms with Gasteiger partial charge >= 0.3 is 6.18 Å². The van der Waals surface area contributed by atoms with E-state index in [4.69, 9.17) is 0 Å². The van der Waals surface area contributed by atoms with Gasteiger partial charge in [0.05, 0.1) is 4.90 Å². The summed E-state index contributed by atoms with van der Waals surface area (Å²) in [6.07, 6.45) is -4.56. The van der Waals surface area contributed by atoms with Crippen molar-refractivity contribution in [2.75, 3.05) is 6.54 Å². The molecule has 0 amide bonds. The number of benzene rings is 1. The SMILES string of the molecule is O=S(=O)(NCC(F)(F)F)c1ccc(I)cc1. The van der Waals surface area contributed by atoms with Gasteiger partial charge in [-0.2, -0.15) is 13.2 Å². The van der Waals surface area contributed by atoms with Crippen molar-refractivity contribution in [1.29, 1.82) is 0 Å². The zero-order valence-corrected chi connectivity index (χ0v) is 10.7. The van der Waals surface area contributed by atoms with E-state index in [-0.39, 0.29) is 4.90 Å². The van der Waals surface area contributed by atoms with Crippen LogP contribution in [0.4, 0.5) is 13.2 Å². The summed E-state index contributed by atoms with van der Waals surface area (Å²) >= 11 is 1.96. The first-order chi connectivity index (χ1) is 7.21. The molecule has 0 heterocycles. The van der Waals surface area contributed by atoms with Crippen molar-refractivity contribution in [3.63, 3.8) is 0 Å². The van der Waals surface area contributed by atoms with Crippen LogP contribution in [-0.2, 0) is 10.0 Å². The fourth-order valence-corrected chi connectivity index (χ4v) is 2.25. The van der Waals surface area contributed by atoms with Gasteiger partial charge in [-0.3, -0.25) is 0 Å². The minimum atomic E-state index is -4.56. The summed E-state index contributed by atoms with van der Waals surface area (Å²) < 4.78 is 60.5. The molecular weight excluding hydrogens is 358 g/mol. The minimum absolute atomic E-state index is 0.183. The molecule has 0 aliphatic heterocycles. The van der Waals surface area contributed by atoms with E-state index in [9.17, 15) is 21.6 Å². The van der Waals surface area contributed by atoms with Crippen LogP contribution < -0.4 is 4.72 Å². The molecule has 0 aliphatic carbocycles. The highest BCUT2D eigenvalue weighted by molar-refractivity contribution is 14.1. The Kier molecular flexibility index (Phi) is 4.18. The van der Waals surface area contributed by atoms with E-state index >= 15 is 0 Å². The van der Waals surface area contributed by atoms with Crippen molar-refractivity contribution in [3.05, 3.63) is 27.8 Å². The molecule has 0 saturated carbocycles. The monoisotopic (exact) mass is 365 g/mol. The first kappa shape index (κ1) is 13.7. The molecule has 0 fully saturated rings. The van der Waals surface area contributed by atoms with E-state index in [1.54, 1.807) is 0 Å². The van der Waals surface area contributed by atoms with Crippen LogP contribution in [-0.4, -0.2) is 21.1 Å². The largest absolute Gasteiger partial charge is 0.402 e. The summed E-state index contributed by atoms with van der Waals surface area (Å²) in [5, 5.41) is 0. The number of nitrogens with one attached hydrogen (secondary N) is 1. The molecule has 8 heteroatoms. The molecule has 0 aromatic heterocycles. The highest BCUT2D eigenvalue weighted by Gasteiger charge is 2.29. The van der Waals surface area contributed by atoms with Crippen molar-refractivity contribution in [1.82, 2.24) is 4.72 Å². The molecule has 0 saturated heterocycles. The van der Waals surface area contributed by atoms with Crippen LogP contribution in [0.2, 0.25) is 0 Å². The average molecular weight is 365 g/mol.